The highest BCUT2D eigenvalue weighted by molar-refractivity contribution is 7.98. The Hall–Kier alpha value is -2.58. The average Bonchev–Trinajstić information content (AvgIpc) is 2.77. The highest BCUT2D eigenvalue weighted by atomic mass is 32.2. The first-order valence-electron chi connectivity index (χ1n) is 10.00. The van der Waals surface area contributed by atoms with Crippen LogP contribution in [0.5, 0.6) is 5.75 Å². The van der Waals surface area contributed by atoms with Gasteiger partial charge in [0.25, 0.3) is 11.6 Å². The number of nitro groups is 1. The number of carbonyl (C=O) groups is 1. The molecule has 1 N–H and O–H groups in total. The topological polar surface area (TPSA) is 84.7 Å². The standard InChI is InChI=1S/C22H27N3O4S/c1-29-20-13-19(25(27)28)18(12-21(20)30-2)22(26)23-14-17-10-6-7-11-24(17)15-16-8-4-3-5-9-16/h3-5,8-9,12-13,17H,6-7,10-11,14-15H2,1-2H3,(H,23,26). The van der Waals surface area contributed by atoms with Crippen LogP contribution in [0.3, 0.4) is 0 Å². The van der Waals surface area contributed by atoms with Crippen LogP contribution in [0.1, 0.15) is 35.2 Å². The Morgan fingerprint density at radius 1 is 1.30 bits per heavy atom. The quantitative estimate of drug-likeness (QED) is 0.386. The summed E-state index contributed by atoms with van der Waals surface area (Å²) in [5, 5.41) is 14.4. The van der Waals surface area contributed by atoms with E-state index in [0.29, 0.717) is 17.2 Å². The van der Waals surface area contributed by atoms with Gasteiger partial charge in [0.1, 0.15) is 11.3 Å². The Balaban J connectivity index is 1.72. The highest BCUT2D eigenvalue weighted by Crippen LogP contribution is 2.34. The van der Waals surface area contributed by atoms with Crippen LogP contribution in [-0.2, 0) is 6.54 Å². The van der Waals surface area contributed by atoms with Gasteiger partial charge in [0.2, 0.25) is 0 Å². The van der Waals surface area contributed by atoms with E-state index < -0.39 is 10.8 Å². The number of methoxy groups -OCH3 is 1. The first-order valence-corrected chi connectivity index (χ1v) is 11.2. The maximum Gasteiger partial charge on any atom is 0.285 e. The molecule has 1 unspecified atom stereocenters. The number of piperidine rings is 1. The van der Waals surface area contributed by atoms with E-state index in [2.05, 4.69) is 22.3 Å². The van der Waals surface area contributed by atoms with Gasteiger partial charge in [0, 0.05) is 19.1 Å². The van der Waals surface area contributed by atoms with Crippen molar-refractivity contribution in [3.8, 4) is 5.75 Å². The Bertz CT molecular complexity index is 891. The molecular formula is C22H27N3O4S. The van der Waals surface area contributed by atoms with Crippen molar-refractivity contribution in [2.24, 2.45) is 0 Å². The summed E-state index contributed by atoms with van der Waals surface area (Å²) in [7, 11) is 1.46. The van der Waals surface area contributed by atoms with Crippen molar-refractivity contribution in [2.75, 3.05) is 26.5 Å². The predicted octanol–water partition coefficient (Wildman–Crippen LogP) is 4.11. The van der Waals surface area contributed by atoms with Crippen molar-refractivity contribution in [2.45, 2.75) is 36.7 Å². The molecular weight excluding hydrogens is 402 g/mol. The molecule has 0 spiro atoms. The van der Waals surface area contributed by atoms with Crippen molar-refractivity contribution >= 4 is 23.4 Å². The second-order valence-corrected chi connectivity index (χ2v) is 8.15. The summed E-state index contributed by atoms with van der Waals surface area (Å²) < 4.78 is 5.22. The number of nitrogens with one attached hydrogen (secondary N) is 1. The molecule has 0 radical (unpaired) electrons. The number of amides is 1. The summed E-state index contributed by atoms with van der Waals surface area (Å²) >= 11 is 1.38. The molecule has 1 saturated heterocycles. The van der Waals surface area contributed by atoms with Gasteiger partial charge in [-0.3, -0.25) is 19.8 Å². The SMILES string of the molecule is COc1cc([N+](=O)[O-])c(C(=O)NCC2CCCCN2Cc2ccccc2)cc1SC. The first kappa shape index (κ1) is 22.1. The third kappa shape index (κ3) is 5.31. The van der Waals surface area contributed by atoms with Crippen LogP contribution in [-0.4, -0.2) is 48.2 Å². The van der Waals surface area contributed by atoms with Crippen LogP contribution in [0.25, 0.3) is 0 Å². The minimum absolute atomic E-state index is 0.0653. The van der Waals surface area contributed by atoms with E-state index >= 15 is 0 Å². The maximum atomic E-state index is 12.9. The number of hydrogen-bond acceptors (Lipinski definition) is 6. The van der Waals surface area contributed by atoms with Gasteiger partial charge < -0.3 is 10.1 Å². The number of nitro benzene ring substituents is 1. The molecule has 7 nitrogen and oxygen atoms in total. The van der Waals surface area contributed by atoms with E-state index in [9.17, 15) is 14.9 Å². The molecule has 0 aliphatic carbocycles. The lowest BCUT2D eigenvalue weighted by molar-refractivity contribution is -0.385. The third-order valence-electron chi connectivity index (χ3n) is 5.42. The van der Waals surface area contributed by atoms with Gasteiger partial charge in [-0.2, -0.15) is 0 Å². The average molecular weight is 430 g/mol. The van der Waals surface area contributed by atoms with Crippen molar-refractivity contribution in [3.05, 3.63) is 63.7 Å². The van der Waals surface area contributed by atoms with Crippen molar-refractivity contribution < 1.29 is 14.5 Å². The summed E-state index contributed by atoms with van der Waals surface area (Å²) in [5.41, 5.74) is 1.06. The van der Waals surface area contributed by atoms with E-state index in [1.54, 1.807) is 6.07 Å². The molecule has 1 aliphatic heterocycles. The van der Waals surface area contributed by atoms with Gasteiger partial charge in [-0.15, -0.1) is 11.8 Å². The zero-order chi connectivity index (χ0) is 21.5. The van der Waals surface area contributed by atoms with Crippen LogP contribution in [0.15, 0.2) is 47.4 Å². The summed E-state index contributed by atoms with van der Waals surface area (Å²) in [6.45, 7) is 2.28. The number of hydrogen-bond donors (Lipinski definition) is 1. The van der Waals surface area contributed by atoms with Crippen LogP contribution in [0.4, 0.5) is 5.69 Å². The fraction of sp³-hybridized carbons (Fsp3) is 0.409. The molecule has 1 heterocycles. The highest BCUT2D eigenvalue weighted by Gasteiger charge is 2.26. The van der Waals surface area contributed by atoms with Crippen molar-refractivity contribution in [1.82, 2.24) is 10.2 Å². The minimum Gasteiger partial charge on any atom is -0.495 e. The van der Waals surface area contributed by atoms with E-state index in [-0.39, 0.29) is 17.3 Å². The monoisotopic (exact) mass is 429 g/mol. The second-order valence-electron chi connectivity index (χ2n) is 7.30. The molecule has 1 fully saturated rings. The van der Waals surface area contributed by atoms with E-state index in [0.717, 1.165) is 32.4 Å². The van der Waals surface area contributed by atoms with Gasteiger partial charge in [0.05, 0.1) is 23.0 Å². The number of ether oxygens (including phenoxy) is 1. The van der Waals surface area contributed by atoms with Crippen LogP contribution < -0.4 is 10.1 Å². The number of carbonyl (C=O) groups excluding carboxylic acids is 1. The van der Waals surface area contributed by atoms with Crippen LogP contribution in [0.2, 0.25) is 0 Å². The van der Waals surface area contributed by atoms with Gasteiger partial charge >= 0.3 is 0 Å². The molecule has 1 aliphatic rings. The maximum absolute atomic E-state index is 12.9. The molecule has 2 aromatic rings. The molecule has 1 atom stereocenters. The number of rotatable bonds is 8. The lowest BCUT2D eigenvalue weighted by Gasteiger charge is -2.35. The Morgan fingerprint density at radius 3 is 2.73 bits per heavy atom. The minimum atomic E-state index is -0.538. The predicted molar refractivity (Wildman–Crippen MR) is 118 cm³/mol. The Kier molecular flexibility index (Phi) is 7.70. The van der Waals surface area contributed by atoms with E-state index in [1.165, 1.54) is 30.5 Å². The molecule has 1 amide bonds. The largest absolute Gasteiger partial charge is 0.495 e. The zero-order valence-corrected chi connectivity index (χ0v) is 18.1. The smallest absolute Gasteiger partial charge is 0.285 e. The molecule has 2 aromatic carbocycles. The third-order valence-corrected chi connectivity index (χ3v) is 6.18. The molecule has 0 aromatic heterocycles. The van der Waals surface area contributed by atoms with Gasteiger partial charge in [0.15, 0.2) is 0 Å². The normalized spacial score (nSPS) is 16.8. The fourth-order valence-corrected chi connectivity index (χ4v) is 4.40. The molecule has 30 heavy (non-hydrogen) atoms. The first-order chi connectivity index (χ1) is 14.5. The molecule has 0 saturated carbocycles. The second kappa shape index (κ2) is 10.4. The Morgan fingerprint density at radius 2 is 2.07 bits per heavy atom. The lowest BCUT2D eigenvalue weighted by Crippen LogP contribution is -2.46. The summed E-state index contributed by atoms with van der Waals surface area (Å²) in [4.78, 5) is 26.9. The molecule has 0 bridgehead atoms. The lowest BCUT2D eigenvalue weighted by atomic mass is 10.0. The Labute approximate surface area is 180 Å². The van der Waals surface area contributed by atoms with Crippen molar-refractivity contribution in [3.63, 3.8) is 0 Å². The van der Waals surface area contributed by atoms with Gasteiger partial charge in [-0.05, 0) is 37.3 Å². The van der Waals surface area contributed by atoms with Crippen molar-refractivity contribution in [1.29, 1.82) is 0 Å². The molecule has 3 rings (SSSR count). The number of nitrogens with zero attached hydrogens (tertiary/aromatic N) is 2. The summed E-state index contributed by atoms with van der Waals surface area (Å²) in [5.74, 6) is -0.0306. The van der Waals surface area contributed by atoms with Crippen LogP contribution >= 0.6 is 11.8 Å². The number of benzene rings is 2. The van der Waals surface area contributed by atoms with E-state index in [4.69, 9.17) is 4.74 Å². The number of likely N-dealkylation sites (tertiary alicyclic amines) is 1. The zero-order valence-electron chi connectivity index (χ0n) is 17.3. The van der Waals surface area contributed by atoms with Gasteiger partial charge in [-0.25, -0.2) is 0 Å². The van der Waals surface area contributed by atoms with Gasteiger partial charge in [-0.1, -0.05) is 36.8 Å². The summed E-state index contributed by atoms with van der Waals surface area (Å²) in [6, 6.07) is 13.3. The number of thioether (sulfide) groups is 1. The fourth-order valence-electron chi connectivity index (χ4n) is 3.82. The molecule has 8 heteroatoms. The molecule has 160 valence electrons. The van der Waals surface area contributed by atoms with E-state index in [1.807, 2.05) is 24.5 Å². The summed E-state index contributed by atoms with van der Waals surface area (Å²) in [6.07, 6.45) is 5.09. The van der Waals surface area contributed by atoms with Crippen LogP contribution in [0, 0.1) is 10.1 Å².